The van der Waals surface area contributed by atoms with Gasteiger partial charge in [-0.15, -0.1) is 0 Å². The number of hydrogen-bond donors (Lipinski definition) is 2. The average Bonchev–Trinajstić information content (AvgIpc) is 2.71. The minimum atomic E-state index is -0.795. The number of carbonyl (C=O) groups excluding carboxylic acids is 3. The van der Waals surface area contributed by atoms with Crippen LogP contribution in [0.25, 0.3) is 0 Å². The zero-order valence-electron chi connectivity index (χ0n) is 14.6. The summed E-state index contributed by atoms with van der Waals surface area (Å²) in [5.74, 6) is 0.515. The van der Waals surface area contributed by atoms with Crippen molar-refractivity contribution in [1.82, 2.24) is 20.7 Å². The molecule has 2 heterocycles. The van der Waals surface area contributed by atoms with Gasteiger partial charge < -0.3 is 5.32 Å². The van der Waals surface area contributed by atoms with Crippen molar-refractivity contribution in [1.29, 1.82) is 0 Å². The first-order valence-electron chi connectivity index (χ1n) is 9.08. The van der Waals surface area contributed by atoms with E-state index in [1.807, 2.05) is 0 Å². The Morgan fingerprint density at radius 3 is 2.42 bits per heavy atom. The first kappa shape index (κ1) is 17.2. The lowest BCUT2D eigenvalue weighted by atomic mass is 9.82. The molecule has 0 aromatic rings. The summed E-state index contributed by atoms with van der Waals surface area (Å²) in [6.45, 7) is 6.35. The monoisotopic (exact) mass is 336 g/mol. The van der Waals surface area contributed by atoms with Crippen molar-refractivity contribution >= 4 is 17.8 Å². The molecule has 24 heavy (non-hydrogen) atoms. The van der Waals surface area contributed by atoms with Crippen molar-refractivity contribution in [2.75, 3.05) is 19.6 Å². The normalized spacial score (nSPS) is 30.5. The van der Waals surface area contributed by atoms with E-state index in [2.05, 4.69) is 29.5 Å². The first-order valence-corrected chi connectivity index (χ1v) is 9.08. The number of hydrazine groups is 1. The van der Waals surface area contributed by atoms with Gasteiger partial charge in [0.15, 0.2) is 0 Å². The Bertz CT molecular complexity index is 520. The Hall–Kier alpha value is -1.63. The zero-order valence-corrected chi connectivity index (χ0v) is 14.6. The van der Waals surface area contributed by atoms with Crippen LogP contribution in [0.1, 0.15) is 52.4 Å². The maximum absolute atomic E-state index is 12.6. The third-order valence-electron chi connectivity index (χ3n) is 5.42. The summed E-state index contributed by atoms with van der Waals surface area (Å²) in [5.41, 5.74) is 1.72. The summed E-state index contributed by atoms with van der Waals surface area (Å²) >= 11 is 0. The van der Waals surface area contributed by atoms with E-state index < -0.39 is 11.6 Å². The molecule has 0 radical (unpaired) electrons. The third kappa shape index (κ3) is 3.41. The predicted molar refractivity (Wildman–Crippen MR) is 88.7 cm³/mol. The summed E-state index contributed by atoms with van der Waals surface area (Å²) < 4.78 is 0. The molecule has 7 heteroatoms. The molecule has 2 aliphatic heterocycles. The molecule has 1 aliphatic carbocycles. The maximum Gasteiger partial charge on any atom is 0.344 e. The smallest absolute Gasteiger partial charge is 0.322 e. The third-order valence-corrected chi connectivity index (χ3v) is 5.42. The topological polar surface area (TPSA) is 81.8 Å². The lowest BCUT2D eigenvalue weighted by Crippen LogP contribution is -2.53. The minimum Gasteiger partial charge on any atom is -0.322 e. The number of hydrogen-bond acceptors (Lipinski definition) is 4. The van der Waals surface area contributed by atoms with Crippen molar-refractivity contribution in [3.8, 4) is 0 Å². The highest BCUT2D eigenvalue weighted by Gasteiger charge is 2.52. The van der Waals surface area contributed by atoms with Gasteiger partial charge in [-0.25, -0.2) is 4.79 Å². The van der Waals surface area contributed by atoms with E-state index in [1.165, 1.54) is 6.42 Å². The van der Waals surface area contributed by atoms with Crippen LogP contribution in [0.3, 0.4) is 0 Å². The molecule has 1 saturated carbocycles. The largest absolute Gasteiger partial charge is 0.344 e. The van der Waals surface area contributed by atoms with Crippen LogP contribution in [0.5, 0.6) is 0 Å². The Morgan fingerprint density at radius 2 is 1.79 bits per heavy atom. The molecule has 0 aromatic heterocycles. The highest BCUT2D eigenvalue weighted by Crippen LogP contribution is 2.33. The summed E-state index contributed by atoms with van der Waals surface area (Å²) in [6, 6.07) is -0.504. The van der Waals surface area contributed by atoms with Crippen LogP contribution in [0, 0.1) is 11.8 Å². The van der Waals surface area contributed by atoms with E-state index in [-0.39, 0.29) is 18.4 Å². The van der Waals surface area contributed by atoms with Crippen LogP contribution in [0.4, 0.5) is 4.79 Å². The lowest BCUT2D eigenvalue weighted by Gasteiger charge is -2.34. The molecule has 3 aliphatic rings. The molecule has 1 spiro atoms. The summed E-state index contributed by atoms with van der Waals surface area (Å²) in [5, 5.41) is 3.69. The van der Waals surface area contributed by atoms with Crippen molar-refractivity contribution in [3.05, 3.63) is 0 Å². The number of amides is 4. The predicted octanol–water partition coefficient (Wildman–Crippen LogP) is 1.25. The molecule has 0 bridgehead atoms. The molecule has 3 rings (SSSR count). The number of rotatable bonds is 3. The molecule has 3 fully saturated rings. The first-order chi connectivity index (χ1) is 11.4. The van der Waals surface area contributed by atoms with Gasteiger partial charge in [-0.2, -0.15) is 5.01 Å². The van der Waals surface area contributed by atoms with Gasteiger partial charge in [0.2, 0.25) is 0 Å². The van der Waals surface area contributed by atoms with Crippen molar-refractivity contribution in [3.63, 3.8) is 0 Å². The van der Waals surface area contributed by atoms with E-state index in [0.717, 1.165) is 37.4 Å². The molecule has 0 aromatic carbocycles. The summed E-state index contributed by atoms with van der Waals surface area (Å²) in [7, 11) is 0. The van der Waals surface area contributed by atoms with Crippen molar-refractivity contribution in [2.45, 2.75) is 57.9 Å². The Morgan fingerprint density at radius 1 is 1.17 bits per heavy atom. The molecule has 2 N–H and O–H groups in total. The van der Waals surface area contributed by atoms with E-state index in [0.29, 0.717) is 24.7 Å². The highest BCUT2D eigenvalue weighted by atomic mass is 16.2. The lowest BCUT2D eigenvalue weighted by molar-refractivity contribution is -0.140. The SMILES string of the molecule is C[C@@H]1C[C@@H](C)CN(CC(=O)NN2C(=O)NC3(CCCCC3)C2=O)C1. The van der Waals surface area contributed by atoms with Gasteiger partial charge in [0.1, 0.15) is 5.54 Å². The molecule has 2 atom stereocenters. The molecular formula is C17H28N4O3. The summed E-state index contributed by atoms with van der Waals surface area (Å²) in [4.78, 5) is 39.2. The van der Waals surface area contributed by atoms with Gasteiger partial charge in [0.25, 0.3) is 11.8 Å². The van der Waals surface area contributed by atoms with Crippen molar-refractivity contribution < 1.29 is 14.4 Å². The van der Waals surface area contributed by atoms with Gasteiger partial charge in [0.05, 0.1) is 6.54 Å². The minimum absolute atomic E-state index is 0.221. The number of nitrogens with one attached hydrogen (secondary N) is 2. The number of imide groups is 1. The highest BCUT2D eigenvalue weighted by molar-refractivity contribution is 6.08. The quantitative estimate of drug-likeness (QED) is 0.760. The second kappa shape index (κ2) is 6.70. The van der Waals surface area contributed by atoms with Crippen LogP contribution in [0.15, 0.2) is 0 Å². The second-order valence-corrected chi connectivity index (χ2v) is 7.89. The van der Waals surface area contributed by atoms with Crippen LogP contribution in [-0.4, -0.2) is 52.9 Å². The molecule has 0 unspecified atom stereocenters. The Labute approximate surface area is 143 Å². The number of likely N-dealkylation sites (tertiary alicyclic amines) is 1. The second-order valence-electron chi connectivity index (χ2n) is 7.89. The number of urea groups is 1. The van der Waals surface area contributed by atoms with Crippen molar-refractivity contribution in [2.24, 2.45) is 11.8 Å². The zero-order chi connectivity index (χ0) is 17.3. The van der Waals surface area contributed by atoms with Crippen LogP contribution < -0.4 is 10.7 Å². The fourth-order valence-electron chi connectivity index (χ4n) is 4.50. The van der Waals surface area contributed by atoms with E-state index in [1.54, 1.807) is 0 Å². The standard InChI is InChI=1S/C17H28N4O3/c1-12-8-13(2)10-20(9-12)11-14(22)19-21-15(23)17(18-16(21)24)6-4-3-5-7-17/h12-13H,3-11H2,1-2H3,(H,18,24)(H,19,22)/t12-,13-/m1/s1. The molecule has 7 nitrogen and oxygen atoms in total. The van der Waals surface area contributed by atoms with Gasteiger partial charge in [-0.1, -0.05) is 33.1 Å². The number of piperidine rings is 1. The van der Waals surface area contributed by atoms with Gasteiger partial charge >= 0.3 is 6.03 Å². The van der Waals surface area contributed by atoms with Crippen LogP contribution in [-0.2, 0) is 9.59 Å². The molecular weight excluding hydrogens is 308 g/mol. The maximum atomic E-state index is 12.6. The van der Waals surface area contributed by atoms with Gasteiger partial charge in [-0.05, 0) is 31.1 Å². The average molecular weight is 336 g/mol. The molecule has 4 amide bonds. The Kier molecular flexibility index (Phi) is 4.80. The van der Waals surface area contributed by atoms with Gasteiger partial charge in [-0.3, -0.25) is 19.9 Å². The Balaban J connectivity index is 1.58. The van der Waals surface area contributed by atoms with Crippen LogP contribution >= 0.6 is 0 Å². The number of carbonyl (C=O) groups is 3. The van der Waals surface area contributed by atoms with E-state index in [9.17, 15) is 14.4 Å². The van der Waals surface area contributed by atoms with E-state index >= 15 is 0 Å². The summed E-state index contributed by atoms with van der Waals surface area (Å²) in [6.07, 6.45) is 5.43. The fourth-order valence-corrected chi connectivity index (χ4v) is 4.50. The molecule has 2 saturated heterocycles. The number of nitrogens with zero attached hydrogens (tertiary/aromatic N) is 2. The van der Waals surface area contributed by atoms with E-state index in [4.69, 9.17) is 0 Å². The fraction of sp³-hybridized carbons (Fsp3) is 0.824. The van der Waals surface area contributed by atoms with Gasteiger partial charge in [0, 0.05) is 13.1 Å². The van der Waals surface area contributed by atoms with Crippen LogP contribution in [0.2, 0.25) is 0 Å². The molecule has 134 valence electrons.